The van der Waals surface area contributed by atoms with Crippen LogP contribution in [0.2, 0.25) is 0 Å². The summed E-state index contributed by atoms with van der Waals surface area (Å²) in [5.41, 5.74) is 2.27. The van der Waals surface area contributed by atoms with E-state index in [1.807, 2.05) is 61.3 Å². The number of aromatic nitrogens is 4. The summed E-state index contributed by atoms with van der Waals surface area (Å²) < 4.78 is 2.04. The molecule has 4 heterocycles. The van der Waals surface area contributed by atoms with Gasteiger partial charge >= 0.3 is 0 Å². The number of rotatable bonds is 5. The summed E-state index contributed by atoms with van der Waals surface area (Å²) in [6.07, 6.45) is 11.1. The van der Waals surface area contributed by atoms with Crippen LogP contribution >= 0.6 is 0 Å². The highest BCUT2D eigenvalue weighted by molar-refractivity contribution is 5.67. The highest BCUT2D eigenvalue weighted by Crippen LogP contribution is 2.25. The molecule has 1 aliphatic rings. The van der Waals surface area contributed by atoms with Crippen molar-refractivity contribution in [2.45, 2.75) is 32.7 Å². The summed E-state index contributed by atoms with van der Waals surface area (Å²) in [4.78, 5) is 12.7. The number of anilines is 3. The van der Waals surface area contributed by atoms with E-state index in [2.05, 4.69) is 30.9 Å². The fourth-order valence-corrected chi connectivity index (χ4v) is 3.11. The van der Waals surface area contributed by atoms with Gasteiger partial charge in [-0.1, -0.05) is 13.8 Å². The molecule has 0 bridgehead atoms. The Hall–Kier alpha value is -3.44. The Bertz CT molecular complexity index is 922. The van der Waals surface area contributed by atoms with Gasteiger partial charge in [-0.15, -0.1) is 0 Å². The molecule has 29 heavy (non-hydrogen) atoms. The topological polar surface area (TPSA) is 103 Å². The van der Waals surface area contributed by atoms with Crippen LogP contribution in [0.25, 0.3) is 5.69 Å². The van der Waals surface area contributed by atoms with Gasteiger partial charge in [0.15, 0.2) is 5.69 Å². The van der Waals surface area contributed by atoms with Gasteiger partial charge in [0.05, 0.1) is 30.0 Å². The number of hydrogen-bond acceptors (Lipinski definition) is 7. The Kier molecular flexibility index (Phi) is 7.14. The second-order valence-corrected chi connectivity index (χ2v) is 6.39. The maximum absolute atomic E-state index is 8.83. The van der Waals surface area contributed by atoms with Crippen molar-refractivity contribution in [3.63, 3.8) is 0 Å². The Balaban J connectivity index is 0.00000117. The van der Waals surface area contributed by atoms with E-state index in [4.69, 9.17) is 5.26 Å². The molecule has 1 fully saturated rings. The molecule has 3 aromatic rings. The molecule has 0 amide bonds. The zero-order valence-electron chi connectivity index (χ0n) is 16.8. The van der Waals surface area contributed by atoms with Gasteiger partial charge in [0.25, 0.3) is 0 Å². The fourth-order valence-electron chi connectivity index (χ4n) is 3.11. The minimum atomic E-state index is 0.281. The van der Waals surface area contributed by atoms with E-state index in [1.165, 1.54) is 12.4 Å². The normalized spacial score (nSPS) is 15.6. The number of hydrogen-bond donors (Lipinski definition) is 3. The number of nitrogens with zero attached hydrogens (tertiary/aromatic N) is 5. The van der Waals surface area contributed by atoms with Gasteiger partial charge in [0.1, 0.15) is 17.7 Å². The van der Waals surface area contributed by atoms with Gasteiger partial charge in [0, 0.05) is 31.0 Å². The quantitative estimate of drug-likeness (QED) is 0.613. The molecule has 4 rings (SSSR count). The summed E-state index contributed by atoms with van der Waals surface area (Å²) in [6, 6.07) is 8.29. The first kappa shape index (κ1) is 20.3. The smallest absolute Gasteiger partial charge is 0.158 e. The van der Waals surface area contributed by atoms with Crippen LogP contribution in [0.4, 0.5) is 17.3 Å². The molecule has 3 N–H and O–H groups in total. The second kappa shape index (κ2) is 10.2. The van der Waals surface area contributed by atoms with Crippen LogP contribution in [0.15, 0.2) is 49.2 Å². The minimum Gasteiger partial charge on any atom is -0.379 e. The number of nitrogens with one attached hydrogen (secondary N) is 3. The molecule has 0 radical (unpaired) electrons. The molecule has 0 aromatic carbocycles. The van der Waals surface area contributed by atoms with E-state index < -0.39 is 0 Å². The lowest BCUT2D eigenvalue weighted by Gasteiger charge is -2.26. The highest BCUT2D eigenvalue weighted by Gasteiger charge is 2.16. The molecule has 150 valence electrons. The number of nitriles is 1. The first-order valence-corrected chi connectivity index (χ1v) is 9.91. The lowest BCUT2D eigenvalue weighted by Crippen LogP contribution is -2.38. The van der Waals surface area contributed by atoms with Crippen LogP contribution in [0.3, 0.4) is 0 Å². The maximum Gasteiger partial charge on any atom is 0.158 e. The standard InChI is InChI=1S/C19H20N8.C2H6/c20-9-15-11-23-19(13-22-15)26-18-8-16(25-14-4-3-5-21-10-14)17(12-24-18)27-6-1-2-7-27;1-2/h1-2,6-8,11-14,21H,3-5,10H2,(H2,23,24,25,26);1-2H3. The van der Waals surface area contributed by atoms with Crippen LogP contribution in [0, 0.1) is 11.3 Å². The van der Waals surface area contributed by atoms with Crippen LogP contribution < -0.4 is 16.0 Å². The maximum atomic E-state index is 8.83. The lowest BCUT2D eigenvalue weighted by atomic mass is 10.1. The van der Waals surface area contributed by atoms with Crippen molar-refractivity contribution in [3.8, 4) is 11.8 Å². The molecule has 1 unspecified atom stereocenters. The second-order valence-electron chi connectivity index (χ2n) is 6.39. The van der Waals surface area contributed by atoms with E-state index in [0.717, 1.165) is 37.3 Å². The average molecular weight is 390 g/mol. The van der Waals surface area contributed by atoms with Crippen LogP contribution in [0.5, 0.6) is 0 Å². The van der Waals surface area contributed by atoms with Crippen LogP contribution in [-0.2, 0) is 0 Å². The van der Waals surface area contributed by atoms with Crippen LogP contribution in [-0.4, -0.2) is 38.7 Å². The third-order valence-corrected chi connectivity index (χ3v) is 4.44. The van der Waals surface area contributed by atoms with Crippen molar-refractivity contribution in [2.24, 2.45) is 0 Å². The number of piperidine rings is 1. The van der Waals surface area contributed by atoms with E-state index >= 15 is 0 Å². The summed E-state index contributed by atoms with van der Waals surface area (Å²) >= 11 is 0. The van der Waals surface area contributed by atoms with Gasteiger partial charge in [0.2, 0.25) is 0 Å². The molecule has 0 aliphatic carbocycles. The van der Waals surface area contributed by atoms with E-state index in [-0.39, 0.29) is 5.69 Å². The van der Waals surface area contributed by atoms with Crippen molar-refractivity contribution >= 4 is 17.3 Å². The largest absolute Gasteiger partial charge is 0.379 e. The number of pyridine rings is 1. The molecule has 0 spiro atoms. The molecule has 8 nitrogen and oxygen atoms in total. The van der Waals surface area contributed by atoms with Crippen molar-refractivity contribution in [1.29, 1.82) is 5.26 Å². The minimum absolute atomic E-state index is 0.281. The SMILES string of the molecule is CC.N#Cc1cnc(Nc2cc(NC3CCCNC3)c(-n3cccc3)cn2)cn1. The first-order chi connectivity index (χ1) is 14.3. The summed E-state index contributed by atoms with van der Waals surface area (Å²) in [6.45, 7) is 6.01. The highest BCUT2D eigenvalue weighted by atomic mass is 15.1. The monoisotopic (exact) mass is 390 g/mol. The van der Waals surface area contributed by atoms with E-state index in [0.29, 0.717) is 17.7 Å². The molecule has 0 saturated carbocycles. The summed E-state index contributed by atoms with van der Waals surface area (Å²) in [5, 5.41) is 19.0. The lowest BCUT2D eigenvalue weighted by molar-refractivity contribution is 0.480. The zero-order chi connectivity index (χ0) is 20.5. The molecular weight excluding hydrogens is 364 g/mol. The van der Waals surface area contributed by atoms with E-state index in [1.54, 1.807) is 0 Å². The molecule has 1 aliphatic heterocycles. The van der Waals surface area contributed by atoms with Gasteiger partial charge in [-0.05, 0) is 31.5 Å². The van der Waals surface area contributed by atoms with Crippen LogP contribution in [0.1, 0.15) is 32.4 Å². The van der Waals surface area contributed by atoms with Gasteiger partial charge in [-0.2, -0.15) is 5.26 Å². The summed E-state index contributed by atoms with van der Waals surface area (Å²) in [7, 11) is 0. The molecular formula is C21H26N8. The Labute approximate surface area is 171 Å². The van der Waals surface area contributed by atoms with Crippen molar-refractivity contribution in [3.05, 3.63) is 54.9 Å². The predicted molar refractivity (Wildman–Crippen MR) is 114 cm³/mol. The van der Waals surface area contributed by atoms with Crippen molar-refractivity contribution < 1.29 is 0 Å². The molecule has 1 atom stereocenters. The average Bonchev–Trinajstić information content (AvgIpc) is 3.31. The van der Waals surface area contributed by atoms with Gasteiger partial charge in [-0.3, -0.25) is 0 Å². The third-order valence-electron chi connectivity index (χ3n) is 4.44. The zero-order valence-corrected chi connectivity index (χ0v) is 16.8. The first-order valence-electron chi connectivity index (χ1n) is 9.91. The van der Waals surface area contributed by atoms with Crippen molar-refractivity contribution in [2.75, 3.05) is 23.7 Å². The third kappa shape index (κ3) is 5.30. The molecule has 1 saturated heterocycles. The summed E-state index contributed by atoms with van der Waals surface area (Å²) in [5.74, 6) is 1.21. The Morgan fingerprint density at radius 1 is 1.10 bits per heavy atom. The van der Waals surface area contributed by atoms with Gasteiger partial charge < -0.3 is 20.5 Å². The molecule has 8 heteroatoms. The fraction of sp³-hybridized carbons (Fsp3) is 0.333. The Morgan fingerprint density at radius 3 is 2.55 bits per heavy atom. The molecule has 3 aromatic heterocycles. The van der Waals surface area contributed by atoms with Crippen molar-refractivity contribution in [1.82, 2.24) is 24.8 Å². The Morgan fingerprint density at radius 2 is 1.90 bits per heavy atom. The van der Waals surface area contributed by atoms with E-state index in [9.17, 15) is 0 Å². The predicted octanol–water partition coefficient (Wildman–Crippen LogP) is 3.47. The van der Waals surface area contributed by atoms with Gasteiger partial charge in [-0.25, -0.2) is 15.0 Å².